The zero-order valence-electron chi connectivity index (χ0n) is 14.5. The van der Waals surface area contributed by atoms with Crippen molar-refractivity contribution in [3.63, 3.8) is 0 Å². The molecule has 2 heterocycles. The Morgan fingerprint density at radius 3 is 2.21 bits per heavy atom. The fourth-order valence-corrected chi connectivity index (χ4v) is 3.24. The summed E-state index contributed by atoms with van der Waals surface area (Å²) in [4.78, 5) is 18.9. The predicted octanol–water partition coefficient (Wildman–Crippen LogP) is 4.46. The van der Waals surface area contributed by atoms with E-state index >= 15 is 0 Å². The van der Waals surface area contributed by atoms with E-state index in [9.17, 15) is 4.79 Å². The third-order valence-corrected chi connectivity index (χ3v) is 4.39. The van der Waals surface area contributed by atoms with Crippen molar-refractivity contribution in [3.05, 3.63) is 53.3 Å². The first-order chi connectivity index (χ1) is 11.6. The van der Waals surface area contributed by atoms with Crippen LogP contribution in [0.15, 0.2) is 36.5 Å². The van der Waals surface area contributed by atoms with Crippen molar-refractivity contribution in [2.75, 3.05) is 18.4 Å². The smallest absolute Gasteiger partial charge is 0.272 e. The number of carbonyl (C=O) groups is 1. The van der Waals surface area contributed by atoms with Crippen LogP contribution in [0.1, 0.15) is 47.3 Å². The van der Waals surface area contributed by atoms with Crippen LogP contribution in [0.4, 0.5) is 11.4 Å². The molecule has 0 saturated carbocycles. The normalized spacial score (nSPS) is 15.0. The summed E-state index contributed by atoms with van der Waals surface area (Å²) in [5, 5.41) is 3.35. The minimum absolute atomic E-state index is 0.0508. The number of pyridine rings is 1. The molecule has 1 saturated heterocycles. The summed E-state index contributed by atoms with van der Waals surface area (Å²) in [7, 11) is 0. The molecular weight excluding hydrogens is 298 g/mol. The Morgan fingerprint density at radius 1 is 0.958 bits per heavy atom. The number of nitrogens with zero attached hydrogens (tertiary/aromatic N) is 2. The molecule has 1 fully saturated rings. The zero-order chi connectivity index (χ0) is 16.9. The molecule has 1 aliphatic heterocycles. The van der Waals surface area contributed by atoms with Crippen molar-refractivity contribution in [2.24, 2.45) is 0 Å². The molecule has 3 rings (SSSR count). The standard InChI is InChI=1S/C20H25N3O/c1-15-11-16(2)13-18(12-15)22-17-7-8-19(21-14-17)20(24)23-9-5-3-4-6-10-23/h7-8,11-14,22H,3-6,9-10H2,1-2H3. The molecule has 0 radical (unpaired) electrons. The van der Waals surface area contributed by atoms with Gasteiger partial charge in [-0.25, -0.2) is 4.98 Å². The lowest BCUT2D eigenvalue weighted by atomic mass is 10.1. The van der Waals surface area contributed by atoms with Crippen molar-refractivity contribution in [2.45, 2.75) is 39.5 Å². The second kappa shape index (κ2) is 7.47. The van der Waals surface area contributed by atoms with Crippen LogP contribution in [0.5, 0.6) is 0 Å². The van der Waals surface area contributed by atoms with Crippen LogP contribution in [0, 0.1) is 13.8 Å². The molecule has 2 aromatic rings. The molecule has 0 aliphatic carbocycles. The van der Waals surface area contributed by atoms with Gasteiger partial charge in [0.2, 0.25) is 0 Å². The van der Waals surface area contributed by atoms with Crippen LogP contribution in [-0.4, -0.2) is 28.9 Å². The number of nitrogens with one attached hydrogen (secondary N) is 1. The first-order valence-electron chi connectivity index (χ1n) is 8.72. The molecule has 1 aliphatic rings. The van der Waals surface area contributed by atoms with Crippen molar-refractivity contribution in [1.82, 2.24) is 9.88 Å². The molecule has 1 aromatic heterocycles. The van der Waals surface area contributed by atoms with E-state index in [-0.39, 0.29) is 5.91 Å². The number of aromatic nitrogens is 1. The van der Waals surface area contributed by atoms with Crippen molar-refractivity contribution >= 4 is 17.3 Å². The van der Waals surface area contributed by atoms with E-state index in [0.717, 1.165) is 37.3 Å². The molecule has 126 valence electrons. The number of carbonyl (C=O) groups excluding carboxylic acids is 1. The number of anilines is 2. The summed E-state index contributed by atoms with van der Waals surface area (Å²) in [6, 6.07) is 10.1. The number of likely N-dealkylation sites (tertiary alicyclic amines) is 1. The first-order valence-corrected chi connectivity index (χ1v) is 8.72. The first kappa shape index (κ1) is 16.5. The minimum atomic E-state index is 0.0508. The lowest BCUT2D eigenvalue weighted by molar-refractivity contribution is 0.0756. The van der Waals surface area contributed by atoms with Crippen LogP contribution in [0.25, 0.3) is 0 Å². The van der Waals surface area contributed by atoms with E-state index < -0.39 is 0 Å². The van der Waals surface area contributed by atoms with E-state index in [4.69, 9.17) is 0 Å². The minimum Gasteiger partial charge on any atom is -0.354 e. The highest BCUT2D eigenvalue weighted by Crippen LogP contribution is 2.20. The van der Waals surface area contributed by atoms with Gasteiger partial charge in [0.25, 0.3) is 5.91 Å². The van der Waals surface area contributed by atoms with Gasteiger partial charge in [0, 0.05) is 18.8 Å². The summed E-state index contributed by atoms with van der Waals surface area (Å²) in [6.45, 7) is 5.87. The van der Waals surface area contributed by atoms with Crippen LogP contribution in [0.3, 0.4) is 0 Å². The van der Waals surface area contributed by atoms with Gasteiger partial charge in [-0.1, -0.05) is 18.9 Å². The van der Waals surface area contributed by atoms with Gasteiger partial charge < -0.3 is 10.2 Å². The maximum Gasteiger partial charge on any atom is 0.272 e. The monoisotopic (exact) mass is 323 g/mol. The molecule has 1 aromatic carbocycles. The Balaban J connectivity index is 1.69. The molecule has 4 heteroatoms. The van der Waals surface area contributed by atoms with E-state index in [1.54, 1.807) is 6.20 Å². The third-order valence-electron chi connectivity index (χ3n) is 4.39. The van der Waals surface area contributed by atoms with E-state index in [2.05, 4.69) is 42.3 Å². The number of aryl methyl sites for hydroxylation is 2. The fourth-order valence-electron chi connectivity index (χ4n) is 3.24. The Kier molecular flexibility index (Phi) is 5.14. The third kappa shape index (κ3) is 4.13. The van der Waals surface area contributed by atoms with Gasteiger partial charge in [0.1, 0.15) is 5.69 Å². The van der Waals surface area contributed by atoms with Crippen LogP contribution >= 0.6 is 0 Å². The summed E-state index contributed by atoms with van der Waals surface area (Å²) in [5.74, 6) is 0.0508. The Bertz CT molecular complexity index is 681. The van der Waals surface area contributed by atoms with Crippen molar-refractivity contribution < 1.29 is 4.79 Å². The van der Waals surface area contributed by atoms with Gasteiger partial charge in [-0.3, -0.25) is 4.79 Å². The molecule has 4 nitrogen and oxygen atoms in total. The molecule has 1 N–H and O–H groups in total. The van der Waals surface area contributed by atoms with Crippen LogP contribution < -0.4 is 5.32 Å². The highest BCUT2D eigenvalue weighted by Gasteiger charge is 2.18. The van der Waals surface area contributed by atoms with Crippen LogP contribution in [-0.2, 0) is 0 Å². The highest BCUT2D eigenvalue weighted by atomic mass is 16.2. The average Bonchev–Trinajstić information content (AvgIpc) is 2.83. The van der Waals surface area contributed by atoms with E-state index in [1.165, 1.54) is 24.0 Å². The fraction of sp³-hybridized carbons (Fsp3) is 0.400. The van der Waals surface area contributed by atoms with Crippen molar-refractivity contribution in [1.29, 1.82) is 0 Å². The Labute approximate surface area is 143 Å². The van der Waals surface area contributed by atoms with Gasteiger partial charge in [-0.15, -0.1) is 0 Å². The molecule has 0 atom stereocenters. The maximum atomic E-state index is 12.6. The van der Waals surface area contributed by atoms with Gasteiger partial charge in [-0.05, 0) is 62.1 Å². The summed E-state index contributed by atoms with van der Waals surface area (Å²) < 4.78 is 0. The van der Waals surface area contributed by atoms with Crippen LogP contribution in [0.2, 0.25) is 0 Å². The SMILES string of the molecule is Cc1cc(C)cc(Nc2ccc(C(=O)N3CCCCCC3)nc2)c1. The summed E-state index contributed by atoms with van der Waals surface area (Å²) in [6.07, 6.45) is 6.37. The number of hydrogen-bond donors (Lipinski definition) is 1. The molecular formula is C20H25N3O. The Morgan fingerprint density at radius 2 is 1.62 bits per heavy atom. The lowest BCUT2D eigenvalue weighted by Crippen LogP contribution is -2.32. The number of hydrogen-bond acceptors (Lipinski definition) is 3. The quantitative estimate of drug-likeness (QED) is 0.907. The van der Waals surface area contributed by atoms with Gasteiger partial charge >= 0.3 is 0 Å². The predicted molar refractivity (Wildman–Crippen MR) is 97.8 cm³/mol. The van der Waals surface area contributed by atoms with E-state index in [1.807, 2.05) is 17.0 Å². The summed E-state index contributed by atoms with van der Waals surface area (Å²) >= 11 is 0. The second-order valence-electron chi connectivity index (χ2n) is 6.64. The van der Waals surface area contributed by atoms with E-state index in [0.29, 0.717) is 5.69 Å². The molecule has 1 amide bonds. The highest BCUT2D eigenvalue weighted by molar-refractivity contribution is 5.92. The Hall–Kier alpha value is -2.36. The molecule has 0 unspecified atom stereocenters. The molecule has 0 bridgehead atoms. The van der Waals surface area contributed by atoms with Gasteiger partial charge in [-0.2, -0.15) is 0 Å². The maximum absolute atomic E-state index is 12.6. The molecule has 24 heavy (non-hydrogen) atoms. The lowest BCUT2D eigenvalue weighted by Gasteiger charge is -2.19. The summed E-state index contributed by atoms with van der Waals surface area (Å²) in [5.41, 5.74) is 4.91. The largest absolute Gasteiger partial charge is 0.354 e. The van der Waals surface area contributed by atoms with Gasteiger partial charge in [0.15, 0.2) is 0 Å². The van der Waals surface area contributed by atoms with Gasteiger partial charge in [0.05, 0.1) is 11.9 Å². The molecule has 0 spiro atoms. The topological polar surface area (TPSA) is 45.2 Å². The van der Waals surface area contributed by atoms with Crippen molar-refractivity contribution in [3.8, 4) is 0 Å². The number of amides is 1. The number of benzene rings is 1. The average molecular weight is 323 g/mol. The zero-order valence-corrected chi connectivity index (χ0v) is 14.5. The number of rotatable bonds is 3. The second-order valence-corrected chi connectivity index (χ2v) is 6.64.